The Balaban J connectivity index is 1.34. The van der Waals surface area contributed by atoms with E-state index >= 15 is 0 Å². The maximum Gasteiger partial charge on any atom is 0.145 e. The summed E-state index contributed by atoms with van der Waals surface area (Å²) >= 11 is 0. The van der Waals surface area contributed by atoms with E-state index in [-0.39, 0.29) is 0 Å². The van der Waals surface area contributed by atoms with Crippen molar-refractivity contribution in [3.63, 3.8) is 0 Å². The fraction of sp³-hybridized carbons (Fsp3) is 0.0714. The van der Waals surface area contributed by atoms with Gasteiger partial charge in [0.2, 0.25) is 0 Å². The van der Waals surface area contributed by atoms with Crippen LogP contribution in [0, 0.1) is 0 Å². The van der Waals surface area contributed by atoms with Crippen LogP contribution in [0.25, 0.3) is 50.1 Å². The number of nitrogens with zero attached hydrogens (tertiary/aromatic N) is 2. The largest absolute Gasteiger partial charge is 0.455 e. The van der Waals surface area contributed by atoms with Crippen molar-refractivity contribution < 1.29 is 4.42 Å². The summed E-state index contributed by atoms with van der Waals surface area (Å²) in [7, 11) is 0. The molecule has 0 spiro atoms. The van der Waals surface area contributed by atoms with Crippen molar-refractivity contribution in [2.24, 2.45) is 0 Å². The summed E-state index contributed by atoms with van der Waals surface area (Å²) in [6, 6.07) is 35.1. The molecule has 0 saturated carbocycles. The van der Waals surface area contributed by atoms with Crippen molar-refractivity contribution in [3.8, 4) is 33.6 Å². The van der Waals surface area contributed by atoms with Crippen LogP contribution < -0.4 is 10.2 Å². The second-order valence-electron chi connectivity index (χ2n) is 12.0. The Morgan fingerprint density at radius 3 is 2.52 bits per heavy atom. The zero-order valence-electron chi connectivity index (χ0n) is 25.2. The van der Waals surface area contributed by atoms with Crippen molar-refractivity contribution in [1.29, 1.82) is 0 Å². The Hall–Kier alpha value is -5.87. The number of benzene rings is 4. The van der Waals surface area contributed by atoms with E-state index in [2.05, 4.69) is 143 Å². The molecule has 4 nitrogen and oxygen atoms in total. The first kappa shape index (κ1) is 26.5. The predicted molar refractivity (Wildman–Crippen MR) is 189 cm³/mol. The van der Waals surface area contributed by atoms with Crippen LogP contribution in [0.3, 0.4) is 0 Å². The van der Waals surface area contributed by atoms with Gasteiger partial charge in [-0.1, -0.05) is 72.8 Å². The minimum atomic E-state index is 0.329. The second-order valence-corrected chi connectivity index (χ2v) is 12.0. The lowest BCUT2D eigenvalue weighted by molar-refractivity contribution is 0.633. The minimum Gasteiger partial charge on any atom is -0.455 e. The molecular formula is C42H31N3O. The van der Waals surface area contributed by atoms with Gasteiger partial charge < -0.3 is 14.6 Å². The predicted octanol–water partition coefficient (Wildman–Crippen LogP) is 10.7. The van der Waals surface area contributed by atoms with E-state index in [1.165, 1.54) is 22.3 Å². The molecule has 1 unspecified atom stereocenters. The van der Waals surface area contributed by atoms with Gasteiger partial charge in [0, 0.05) is 58.2 Å². The number of anilines is 3. The number of pyridine rings is 1. The second kappa shape index (κ2) is 10.9. The number of allylic oxidation sites excluding steroid dienone is 6. The zero-order chi connectivity index (χ0) is 30.5. The molecule has 1 aliphatic carbocycles. The fourth-order valence-corrected chi connectivity index (χ4v) is 7.06. The third-order valence-electron chi connectivity index (χ3n) is 9.27. The maximum atomic E-state index is 6.75. The van der Waals surface area contributed by atoms with Crippen LogP contribution in [0.1, 0.15) is 23.5 Å². The highest BCUT2D eigenvalue weighted by atomic mass is 16.3. The van der Waals surface area contributed by atoms with Gasteiger partial charge in [-0.15, -0.1) is 0 Å². The quantitative estimate of drug-likeness (QED) is 0.220. The standard InChI is InChI=1S/C42H31N3O/c1-2-10-28(11-3-1)29-18-19-39-37(25-29)41-36-15-5-7-17-40(36)46-42(41)35-14-4-6-16-38(35)45(39)34-23-32(30-12-8-20-43-26-30)22-33(24-34)31-13-9-21-44-27-31/h1-10,12-26,28,44H,11,27H2. The van der Waals surface area contributed by atoms with Crippen LogP contribution in [0.2, 0.25) is 0 Å². The van der Waals surface area contributed by atoms with Gasteiger partial charge in [-0.3, -0.25) is 4.98 Å². The average Bonchev–Trinajstić information content (AvgIpc) is 3.47. The van der Waals surface area contributed by atoms with Gasteiger partial charge in [0.1, 0.15) is 11.3 Å². The Bertz CT molecular complexity index is 2250. The molecular weight excluding hydrogens is 562 g/mol. The van der Waals surface area contributed by atoms with Crippen molar-refractivity contribution in [2.75, 3.05) is 11.4 Å². The van der Waals surface area contributed by atoms with E-state index < -0.39 is 0 Å². The zero-order valence-corrected chi connectivity index (χ0v) is 25.2. The minimum absolute atomic E-state index is 0.329. The van der Waals surface area contributed by atoms with E-state index in [1.807, 2.05) is 24.7 Å². The first-order valence-corrected chi connectivity index (χ1v) is 15.9. The van der Waals surface area contributed by atoms with E-state index in [1.54, 1.807) is 0 Å². The topological polar surface area (TPSA) is 41.3 Å². The highest BCUT2D eigenvalue weighted by Gasteiger charge is 2.31. The smallest absolute Gasteiger partial charge is 0.145 e. The molecule has 3 aliphatic rings. The average molecular weight is 594 g/mol. The first-order valence-electron chi connectivity index (χ1n) is 15.9. The molecule has 220 valence electrons. The summed E-state index contributed by atoms with van der Waals surface area (Å²) in [6.07, 6.45) is 19.9. The Morgan fingerprint density at radius 1 is 0.761 bits per heavy atom. The highest BCUT2D eigenvalue weighted by molar-refractivity contribution is 6.10. The number of fused-ring (bicyclic) bond motifs is 7. The lowest BCUT2D eigenvalue weighted by Crippen LogP contribution is -2.14. The molecule has 6 aromatic rings. The molecule has 1 N–H and O–H groups in total. The number of para-hydroxylation sites is 2. The molecule has 46 heavy (non-hydrogen) atoms. The van der Waals surface area contributed by atoms with Crippen LogP contribution in [-0.4, -0.2) is 11.5 Å². The molecule has 4 heterocycles. The Kier molecular flexibility index (Phi) is 6.31. The normalized spacial score (nSPS) is 16.3. The molecule has 0 amide bonds. The first-order chi connectivity index (χ1) is 22.8. The highest BCUT2D eigenvalue weighted by Crippen LogP contribution is 2.54. The number of dihydropyridines is 1. The number of rotatable bonds is 4. The molecule has 0 radical (unpaired) electrons. The third kappa shape index (κ3) is 4.41. The number of hydrogen-bond acceptors (Lipinski definition) is 4. The summed E-state index contributed by atoms with van der Waals surface area (Å²) in [5.41, 5.74) is 13.5. The summed E-state index contributed by atoms with van der Waals surface area (Å²) < 4.78 is 6.75. The molecule has 2 aliphatic heterocycles. The van der Waals surface area contributed by atoms with Crippen LogP contribution in [0.4, 0.5) is 17.1 Å². The number of hydrogen-bond donors (Lipinski definition) is 1. The van der Waals surface area contributed by atoms with Crippen LogP contribution >= 0.6 is 0 Å². The van der Waals surface area contributed by atoms with Crippen LogP contribution in [-0.2, 0) is 0 Å². The molecule has 4 heteroatoms. The Labute approximate surface area is 268 Å². The van der Waals surface area contributed by atoms with Crippen LogP contribution in [0.5, 0.6) is 0 Å². The molecule has 4 aromatic carbocycles. The summed E-state index contributed by atoms with van der Waals surface area (Å²) in [4.78, 5) is 6.88. The SMILES string of the molecule is C1=CCC(c2ccc3c(c2)-c2c(oc4ccccc24)-c2ccccc2N3c2cc(C3=CC=CNC3)cc(-c3cccnc3)c2)C=C1. The van der Waals surface area contributed by atoms with Gasteiger partial charge in [0.25, 0.3) is 0 Å². The molecule has 1 atom stereocenters. The van der Waals surface area contributed by atoms with Gasteiger partial charge in [-0.05, 0) is 95.6 Å². The van der Waals surface area contributed by atoms with Gasteiger partial charge >= 0.3 is 0 Å². The summed E-state index contributed by atoms with van der Waals surface area (Å²) in [5.74, 6) is 1.24. The van der Waals surface area contributed by atoms with Crippen LogP contribution in [0.15, 0.2) is 157 Å². The molecule has 0 fully saturated rings. The van der Waals surface area contributed by atoms with Gasteiger partial charge in [0.05, 0.1) is 11.4 Å². The maximum absolute atomic E-state index is 6.75. The van der Waals surface area contributed by atoms with Gasteiger partial charge in [0.15, 0.2) is 0 Å². The van der Waals surface area contributed by atoms with Gasteiger partial charge in [-0.2, -0.15) is 0 Å². The van der Waals surface area contributed by atoms with Crippen molar-refractivity contribution in [2.45, 2.75) is 12.3 Å². The Morgan fingerprint density at radius 2 is 1.65 bits per heavy atom. The monoisotopic (exact) mass is 593 g/mol. The summed E-state index contributed by atoms with van der Waals surface area (Å²) in [5, 5.41) is 4.52. The molecule has 2 aromatic heterocycles. The van der Waals surface area contributed by atoms with E-state index in [0.29, 0.717) is 5.92 Å². The van der Waals surface area contributed by atoms with Gasteiger partial charge in [-0.25, -0.2) is 0 Å². The lowest BCUT2D eigenvalue weighted by atomic mass is 9.89. The summed E-state index contributed by atoms with van der Waals surface area (Å²) in [6.45, 7) is 0.771. The van der Waals surface area contributed by atoms with Crippen molar-refractivity contribution >= 4 is 33.6 Å². The number of aromatic nitrogens is 1. The molecule has 9 rings (SSSR count). The van der Waals surface area contributed by atoms with Crippen molar-refractivity contribution in [1.82, 2.24) is 10.3 Å². The van der Waals surface area contributed by atoms with Crippen molar-refractivity contribution in [3.05, 3.63) is 163 Å². The molecule has 0 saturated heterocycles. The fourth-order valence-electron chi connectivity index (χ4n) is 7.06. The van der Waals surface area contributed by atoms with E-state index in [9.17, 15) is 0 Å². The van der Waals surface area contributed by atoms with E-state index in [4.69, 9.17) is 4.42 Å². The molecule has 0 bridgehead atoms. The number of nitrogens with one attached hydrogen (secondary N) is 1. The van der Waals surface area contributed by atoms with E-state index in [0.717, 1.165) is 69.0 Å². The third-order valence-corrected chi connectivity index (χ3v) is 9.27. The number of furan rings is 1. The lowest BCUT2D eigenvalue weighted by Gasteiger charge is -2.29.